The molecule has 2 heterocycles. The fourth-order valence-corrected chi connectivity index (χ4v) is 4.74. The van der Waals surface area contributed by atoms with Crippen LogP contribution < -0.4 is 0 Å². The van der Waals surface area contributed by atoms with Crippen LogP contribution in [0.5, 0.6) is 0 Å². The van der Waals surface area contributed by atoms with E-state index in [1.165, 1.54) is 17.6 Å². The van der Waals surface area contributed by atoms with Crippen molar-refractivity contribution in [2.24, 2.45) is 7.05 Å². The molecule has 0 spiro atoms. The van der Waals surface area contributed by atoms with Gasteiger partial charge >= 0.3 is 0 Å². The molecule has 5 aromatic rings. The van der Waals surface area contributed by atoms with E-state index >= 15 is 0 Å². The number of hydrogen-bond donors (Lipinski definition) is 0. The molecule has 0 saturated carbocycles. The number of carbonyl (C=O) groups is 3. The second kappa shape index (κ2) is 7.22. The molecule has 0 fully saturated rings. The average molecular weight is 445 g/mol. The van der Waals surface area contributed by atoms with Crippen molar-refractivity contribution in [3.05, 3.63) is 95.3 Å². The Balaban J connectivity index is 1.51. The topological polar surface area (TPSA) is 74.0 Å². The molecule has 0 saturated heterocycles. The zero-order valence-corrected chi connectivity index (χ0v) is 18.6. The highest BCUT2D eigenvalue weighted by Gasteiger charge is 2.34. The molecule has 0 atom stereocenters. The second-order valence-electron chi connectivity index (χ2n) is 8.45. The van der Waals surface area contributed by atoms with Crippen LogP contribution in [0.15, 0.2) is 78.4 Å². The van der Waals surface area contributed by atoms with E-state index in [1.807, 2.05) is 72.3 Å². The summed E-state index contributed by atoms with van der Waals surface area (Å²) in [7, 11) is 1.88. The Labute approximate surface area is 194 Å². The van der Waals surface area contributed by atoms with Gasteiger partial charge in [-0.2, -0.15) is 0 Å². The molecule has 0 amide bonds. The lowest BCUT2D eigenvalue weighted by Crippen LogP contribution is -2.09. The zero-order chi connectivity index (χ0) is 23.6. The van der Waals surface area contributed by atoms with Crippen molar-refractivity contribution in [3.63, 3.8) is 0 Å². The van der Waals surface area contributed by atoms with E-state index in [0.29, 0.717) is 22.3 Å². The molecular weight excluding hydrogens is 426 g/mol. The molecule has 2 aromatic heterocycles. The van der Waals surface area contributed by atoms with E-state index in [-0.39, 0.29) is 28.9 Å². The number of nitrogens with zero attached hydrogens (tertiary/aromatic N) is 3. The van der Waals surface area contributed by atoms with Gasteiger partial charge in [-0.3, -0.25) is 19.0 Å². The van der Waals surface area contributed by atoms with Crippen LogP contribution in [-0.4, -0.2) is 31.6 Å². The number of ketones is 2. The lowest BCUT2D eigenvalue weighted by Gasteiger charge is -2.04. The second-order valence-corrected chi connectivity index (χ2v) is 8.45. The zero-order valence-electron chi connectivity index (χ0n) is 18.6. The molecule has 6 heteroatoms. The molecular formula is C28H19N3O3. The van der Waals surface area contributed by atoms with Gasteiger partial charge in [0.1, 0.15) is 5.82 Å². The van der Waals surface area contributed by atoms with Gasteiger partial charge in [-0.25, -0.2) is 4.98 Å². The quantitative estimate of drug-likeness (QED) is 0.272. The Morgan fingerprint density at radius 3 is 2.03 bits per heavy atom. The van der Waals surface area contributed by atoms with E-state index in [4.69, 9.17) is 0 Å². The van der Waals surface area contributed by atoms with Gasteiger partial charge in [0.2, 0.25) is 5.91 Å². The summed E-state index contributed by atoms with van der Waals surface area (Å²) in [5, 5.41) is 1.79. The molecule has 3 aromatic carbocycles. The van der Waals surface area contributed by atoms with E-state index in [0.717, 1.165) is 22.0 Å². The number of aryl methyl sites for hydroxylation is 1. The number of fused-ring (bicyclic) bond motifs is 3. The fraction of sp³-hybridized carbons (Fsp3) is 0.0714. The molecule has 0 unspecified atom stereocenters. The minimum Gasteiger partial charge on any atom is -0.327 e. The fourth-order valence-electron chi connectivity index (χ4n) is 4.74. The van der Waals surface area contributed by atoms with Crippen molar-refractivity contribution in [2.45, 2.75) is 6.92 Å². The number of carbonyl (C=O) groups excluding carboxylic acids is 3. The van der Waals surface area contributed by atoms with Crippen LogP contribution in [0.4, 0.5) is 0 Å². The number of allylic oxidation sites excluding steroid dienone is 1. The molecule has 6 rings (SSSR count). The van der Waals surface area contributed by atoms with Gasteiger partial charge in [-0.05, 0) is 40.6 Å². The molecule has 1 aliphatic rings. The Morgan fingerprint density at radius 1 is 0.853 bits per heavy atom. The minimum absolute atomic E-state index is 0.0198. The summed E-state index contributed by atoms with van der Waals surface area (Å²) in [4.78, 5) is 43.6. The summed E-state index contributed by atoms with van der Waals surface area (Å²) < 4.78 is 3.36. The molecule has 0 bridgehead atoms. The van der Waals surface area contributed by atoms with Gasteiger partial charge in [-0.15, -0.1) is 0 Å². The standard InChI is InChI=1S/C28H19N3O3/c1-16(32)31-24-15-23(17-8-4-3-5-9-17)30(2)28(24)29-25(31)14-22-26(33)20-12-18-10-6-7-11-19(18)13-21(20)27(22)34/h3-15H,1-2H3. The third-order valence-electron chi connectivity index (χ3n) is 6.39. The predicted molar refractivity (Wildman–Crippen MR) is 131 cm³/mol. The van der Waals surface area contributed by atoms with E-state index in [2.05, 4.69) is 4.98 Å². The monoisotopic (exact) mass is 445 g/mol. The van der Waals surface area contributed by atoms with Crippen molar-refractivity contribution in [3.8, 4) is 11.3 Å². The number of Topliss-reactive ketones (excluding diaryl/α,β-unsaturated/α-hetero) is 2. The van der Waals surface area contributed by atoms with Crippen LogP contribution in [0.3, 0.4) is 0 Å². The average Bonchev–Trinajstić information content (AvgIpc) is 3.44. The summed E-state index contributed by atoms with van der Waals surface area (Å²) in [5.41, 5.74) is 3.93. The molecule has 6 nitrogen and oxygen atoms in total. The molecule has 1 aliphatic carbocycles. The maximum Gasteiger partial charge on any atom is 0.229 e. The van der Waals surface area contributed by atoms with Gasteiger partial charge in [-0.1, -0.05) is 54.6 Å². The SMILES string of the molecule is CC(=O)n1c(C=C2C(=O)c3cc4ccccc4cc3C2=O)nc2c1cc(-c1ccccc1)n2C. The number of benzene rings is 3. The summed E-state index contributed by atoms with van der Waals surface area (Å²) in [5.74, 6) is -0.682. The maximum absolute atomic E-state index is 13.2. The van der Waals surface area contributed by atoms with Gasteiger partial charge in [0, 0.05) is 25.1 Å². The van der Waals surface area contributed by atoms with Crippen molar-refractivity contribution in [2.75, 3.05) is 0 Å². The number of hydrogen-bond acceptors (Lipinski definition) is 4. The van der Waals surface area contributed by atoms with E-state index in [9.17, 15) is 14.4 Å². The molecule has 0 N–H and O–H groups in total. The Morgan fingerprint density at radius 2 is 1.44 bits per heavy atom. The normalized spacial score (nSPS) is 13.2. The summed E-state index contributed by atoms with van der Waals surface area (Å²) in [6.45, 7) is 1.44. The number of imidazole rings is 1. The van der Waals surface area contributed by atoms with Gasteiger partial charge in [0.05, 0.1) is 16.8 Å². The van der Waals surface area contributed by atoms with Crippen LogP contribution >= 0.6 is 0 Å². The first kappa shape index (κ1) is 20.1. The summed E-state index contributed by atoms with van der Waals surface area (Å²) in [6.07, 6.45) is 1.44. The van der Waals surface area contributed by atoms with Crippen LogP contribution in [0.1, 0.15) is 38.3 Å². The lowest BCUT2D eigenvalue weighted by molar-refractivity contribution is 0.0936. The maximum atomic E-state index is 13.2. The van der Waals surface area contributed by atoms with E-state index in [1.54, 1.807) is 12.1 Å². The Hall–Kier alpha value is -4.58. The molecule has 0 radical (unpaired) electrons. The van der Waals surface area contributed by atoms with Crippen LogP contribution in [0.25, 0.3) is 39.3 Å². The smallest absolute Gasteiger partial charge is 0.229 e. The molecule has 34 heavy (non-hydrogen) atoms. The Kier molecular flexibility index (Phi) is 4.26. The van der Waals surface area contributed by atoms with Gasteiger partial charge < -0.3 is 4.57 Å². The van der Waals surface area contributed by atoms with Crippen molar-refractivity contribution in [1.82, 2.24) is 14.1 Å². The summed E-state index contributed by atoms with van der Waals surface area (Å²) in [6, 6.07) is 22.9. The third-order valence-corrected chi connectivity index (χ3v) is 6.39. The molecule has 0 aliphatic heterocycles. The van der Waals surface area contributed by atoms with Crippen molar-refractivity contribution in [1.29, 1.82) is 0 Å². The Bertz CT molecular complexity index is 1660. The highest BCUT2D eigenvalue weighted by atomic mass is 16.2. The first-order chi connectivity index (χ1) is 16.4. The van der Waals surface area contributed by atoms with Crippen LogP contribution in [-0.2, 0) is 7.05 Å². The third kappa shape index (κ3) is 2.82. The highest BCUT2D eigenvalue weighted by molar-refractivity contribution is 6.42. The lowest BCUT2D eigenvalue weighted by atomic mass is 10.0. The van der Waals surface area contributed by atoms with Crippen LogP contribution in [0, 0.1) is 0 Å². The van der Waals surface area contributed by atoms with Crippen molar-refractivity contribution < 1.29 is 14.4 Å². The van der Waals surface area contributed by atoms with E-state index < -0.39 is 0 Å². The largest absolute Gasteiger partial charge is 0.327 e. The number of aromatic nitrogens is 3. The van der Waals surface area contributed by atoms with Gasteiger partial charge in [0.15, 0.2) is 17.2 Å². The predicted octanol–water partition coefficient (Wildman–Crippen LogP) is 5.32. The first-order valence-electron chi connectivity index (χ1n) is 10.9. The van der Waals surface area contributed by atoms with Crippen molar-refractivity contribution >= 4 is 45.5 Å². The van der Waals surface area contributed by atoms with Gasteiger partial charge in [0.25, 0.3) is 0 Å². The minimum atomic E-state index is -0.349. The first-order valence-corrected chi connectivity index (χ1v) is 10.9. The summed E-state index contributed by atoms with van der Waals surface area (Å²) >= 11 is 0. The van der Waals surface area contributed by atoms with Crippen LogP contribution in [0.2, 0.25) is 0 Å². The highest BCUT2D eigenvalue weighted by Crippen LogP contribution is 2.33. The number of rotatable bonds is 2. The molecule has 164 valence electrons.